The van der Waals surface area contributed by atoms with Crippen LogP contribution in [0, 0.1) is 11.6 Å². The van der Waals surface area contributed by atoms with Crippen LogP contribution in [-0.4, -0.2) is 30.9 Å². The van der Waals surface area contributed by atoms with Crippen LogP contribution in [0.15, 0.2) is 42.5 Å². The standard InChI is InChI=1S/C21H20F2N2O4/c1-13(17-8-7-15(22)11-18(17)23)24-19(26)12-29-21(28)14-4-2-5-16(10-14)25-9-3-6-20(25)27/h2,4-5,7-8,10-11,13H,3,6,9,12H2,1H3,(H,24,26)/t13-/m1/s1. The maximum Gasteiger partial charge on any atom is 0.338 e. The van der Waals surface area contributed by atoms with E-state index in [1.807, 2.05) is 0 Å². The molecule has 2 aromatic carbocycles. The van der Waals surface area contributed by atoms with E-state index in [-0.39, 0.29) is 17.0 Å². The summed E-state index contributed by atoms with van der Waals surface area (Å²) >= 11 is 0. The third kappa shape index (κ3) is 4.96. The number of halogens is 2. The molecule has 1 fully saturated rings. The van der Waals surface area contributed by atoms with Gasteiger partial charge in [0.25, 0.3) is 5.91 Å². The molecule has 29 heavy (non-hydrogen) atoms. The van der Waals surface area contributed by atoms with Gasteiger partial charge in [-0.05, 0) is 37.6 Å². The Morgan fingerprint density at radius 3 is 2.69 bits per heavy atom. The highest BCUT2D eigenvalue weighted by molar-refractivity contribution is 5.97. The number of esters is 1. The van der Waals surface area contributed by atoms with Crippen LogP contribution in [0.1, 0.15) is 41.7 Å². The summed E-state index contributed by atoms with van der Waals surface area (Å²) < 4.78 is 31.8. The maximum absolute atomic E-state index is 13.8. The van der Waals surface area contributed by atoms with Crippen molar-refractivity contribution in [1.82, 2.24) is 5.32 Å². The number of rotatable bonds is 6. The zero-order chi connectivity index (χ0) is 21.0. The molecule has 2 amide bonds. The summed E-state index contributed by atoms with van der Waals surface area (Å²) in [5.41, 5.74) is 0.938. The number of amides is 2. The highest BCUT2D eigenvalue weighted by Crippen LogP contribution is 2.22. The van der Waals surface area contributed by atoms with Crippen molar-refractivity contribution in [2.45, 2.75) is 25.8 Å². The first kappa shape index (κ1) is 20.4. The number of ether oxygens (including phenoxy) is 1. The van der Waals surface area contributed by atoms with Gasteiger partial charge in [0.1, 0.15) is 11.6 Å². The highest BCUT2D eigenvalue weighted by Gasteiger charge is 2.23. The van der Waals surface area contributed by atoms with E-state index in [0.29, 0.717) is 18.7 Å². The Morgan fingerprint density at radius 1 is 1.21 bits per heavy atom. The van der Waals surface area contributed by atoms with Gasteiger partial charge in [0, 0.05) is 30.3 Å². The van der Waals surface area contributed by atoms with E-state index in [4.69, 9.17) is 4.74 Å². The topological polar surface area (TPSA) is 75.7 Å². The summed E-state index contributed by atoms with van der Waals surface area (Å²) in [4.78, 5) is 37.7. The van der Waals surface area contributed by atoms with Crippen molar-refractivity contribution in [2.75, 3.05) is 18.1 Å². The predicted molar refractivity (Wildman–Crippen MR) is 101 cm³/mol. The second-order valence-corrected chi connectivity index (χ2v) is 6.73. The van der Waals surface area contributed by atoms with Crippen molar-refractivity contribution in [3.63, 3.8) is 0 Å². The molecular weight excluding hydrogens is 382 g/mol. The summed E-state index contributed by atoms with van der Waals surface area (Å²) in [6.07, 6.45) is 1.24. The molecule has 0 unspecified atom stereocenters. The van der Waals surface area contributed by atoms with Crippen molar-refractivity contribution < 1.29 is 27.9 Å². The first-order chi connectivity index (χ1) is 13.8. The van der Waals surface area contributed by atoms with Crippen LogP contribution in [0.2, 0.25) is 0 Å². The summed E-state index contributed by atoms with van der Waals surface area (Å²) in [6.45, 7) is 1.57. The minimum atomic E-state index is -0.775. The van der Waals surface area contributed by atoms with Crippen molar-refractivity contribution >= 4 is 23.5 Å². The number of benzene rings is 2. The lowest BCUT2D eigenvalue weighted by molar-refractivity contribution is -0.124. The third-order valence-corrected chi connectivity index (χ3v) is 4.61. The molecule has 2 aromatic rings. The number of anilines is 1. The number of carbonyl (C=O) groups is 3. The molecule has 1 atom stereocenters. The monoisotopic (exact) mass is 402 g/mol. The molecule has 1 N–H and O–H groups in total. The minimum Gasteiger partial charge on any atom is -0.452 e. The van der Waals surface area contributed by atoms with Crippen LogP contribution < -0.4 is 10.2 Å². The molecule has 6 nitrogen and oxygen atoms in total. The van der Waals surface area contributed by atoms with Crippen LogP contribution in [0.3, 0.4) is 0 Å². The Balaban J connectivity index is 1.56. The summed E-state index contributed by atoms with van der Waals surface area (Å²) in [5, 5.41) is 2.49. The lowest BCUT2D eigenvalue weighted by atomic mass is 10.1. The second-order valence-electron chi connectivity index (χ2n) is 6.73. The fourth-order valence-corrected chi connectivity index (χ4v) is 3.15. The Kier molecular flexibility index (Phi) is 6.21. The molecule has 1 saturated heterocycles. The van der Waals surface area contributed by atoms with Crippen LogP contribution in [0.25, 0.3) is 0 Å². The van der Waals surface area contributed by atoms with E-state index in [2.05, 4.69) is 5.32 Å². The number of nitrogens with one attached hydrogen (secondary N) is 1. The van der Waals surface area contributed by atoms with Gasteiger partial charge in [-0.15, -0.1) is 0 Å². The third-order valence-electron chi connectivity index (χ3n) is 4.61. The summed E-state index contributed by atoms with van der Waals surface area (Å²) in [6, 6.07) is 8.78. The summed E-state index contributed by atoms with van der Waals surface area (Å²) in [5.74, 6) is -2.83. The van der Waals surface area contributed by atoms with Gasteiger partial charge < -0.3 is 15.0 Å². The quantitative estimate of drug-likeness (QED) is 0.754. The molecule has 0 aliphatic carbocycles. The second kappa shape index (κ2) is 8.81. The molecule has 0 saturated carbocycles. The SMILES string of the molecule is C[C@@H](NC(=O)COC(=O)c1cccc(N2CCCC2=O)c1)c1ccc(F)cc1F. The van der Waals surface area contributed by atoms with Gasteiger partial charge in [-0.1, -0.05) is 12.1 Å². The summed E-state index contributed by atoms with van der Waals surface area (Å²) in [7, 11) is 0. The number of carbonyl (C=O) groups excluding carboxylic acids is 3. The Bertz CT molecular complexity index is 948. The van der Waals surface area contributed by atoms with Gasteiger partial charge >= 0.3 is 5.97 Å². The van der Waals surface area contributed by atoms with Gasteiger partial charge in [0.15, 0.2) is 6.61 Å². The number of hydrogen-bond donors (Lipinski definition) is 1. The van der Waals surface area contributed by atoms with Gasteiger partial charge in [0.2, 0.25) is 5.91 Å². The van der Waals surface area contributed by atoms with Crippen molar-refractivity contribution in [2.24, 2.45) is 0 Å². The zero-order valence-corrected chi connectivity index (χ0v) is 15.8. The number of nitrogens with zero attached hydrogens (tertiary/aromatic N) is 1. The van der Waals surface area contributed by atoms with Crippen molar-refractivity contribution in [1.29, 1.82) is 0 Å². The first-order valence-corrected chi connectivity index (χ1v) is 9.17. The molecule has 0 aromatic heterocycles. The number of hydrogen-bond acceptors (Lipinski definition) is 4. The average Bonchev–Trinajstić information content (AvgIpc) is 3.12. The van der Waals surface area contributed by atoms with E-state index in [1.165, 1.54) is 19.1 Å². The van der Waals surface area contributed by atoms with Crippen molar-refractivity contribution in [3.8, 4) is 0 Å². The van der Waals surface area contributed by atoms with E-state index < -0.39 is 36.2 Å². The smallest absolute Gasteiger partial charge is 0.338 e. The average molecular weight is 402 g/mol. The van der Waals surface area contributed by atoms with E-state index in [1.54, 1.807) is 23.1 Å². The highest BCUT2D eigenvalue weighted by atomic mass is 19.1. The van der Waals surface area contributed by atoms with E-state index in [0.717, 1.165) is 18.6 Å². The van der Waals surface area contributed by atoms with Crippen LogP contribution in [0.4, 0.5) is 14.5 Å². The van der Waals surface area contributed by atoms with Gasteiger partial charge in [0.05, 0.1) is 11.6 Å². The minimum absolute atomic E-state index is 0.00286. The molecule has 1 aliphatic rings. The maximum atomic E-state index is 13.8. The van der Waals surface area contributed by atoms with E-state index >= 15 is 0 Å². The Labute approximate surface area is 166 Å². The van der Waals surface area contributed by atoms with Crippen LogP contribution in [-0.2, 0) is 14.3 Å². The molecule has 152 valence electrons. The fourth-order valence-electron chi connectivity index (χ4n) is 3.15. The molecule has 0 spiro atoms. The molecular formula is C21H20F2N2O4. The molecule has 1 heterocycles. The predicted octanol–water partition coefficient (Wildman–Crippen LogP) is 3.13. The first-order valence-electron chi connectivity index (χ1n) is 9.17. The lowest BCUT2D eigenvalue weighted by Gasteiger charge is -2.17. The fraction of sp³-hybridized carbons (Fsp3) is 0.286. The molecule has 3 rings (SSSR count). The molecule has 1 aliphatic heterocycles. The van der Waals surface area contributed by atoms with Gasteiger partial charge in [-0.3, -0.25) is 9.59 Å². The Hall–Kier alpha value is -3.29. The van der Waals surface area contributed by atoms with E-state index in [9.17, 15) is 23.2 Å². The lowest BCUT2D eigenvalue weighted by Crippen LogP contribution is -2.31. The van der Waals surface area contributed by atoms with Crippen LogP contribution in [0.5, 0.6) is 0 Å². The molecule has 0 bridgehead atoms. The van der Waals surface area contributed by atoms with Gasteiger partial charge in [-0.25, -0.2) is 13.6 Å². The normalized spacial score (nSPS) is 14.6. The van der Waals surface area contributed by atoms with Crippen LogP contribution >= 0.6 is 0 Å². The Morgan fingerprint density at radius 2 is 2.00 bits per heavy atom. The van der Waals surface area contributed by atoms with Gasteiger partial charge in [-0.2, -0.15) is 0 Å². The van der Waals surface area contributed by atoms with Crippen molar-refractivity contribution in [3.05, 3.63) is 65.2 Å². The molecule has 8 heteroatoms. The largest absolute Gasteiger partial charge is 0.452 e. The zero-order valence-electron chi connectivity index (χ0n) is 15.8. The molecule has 0 radical (unpaired) electrons.